The van der Waals surface area contributed by atoms with Gasteiger partial charge in [-0.15, -0.1) is 0 Å². The Labute approximate surface area is 135 Å². The summed E-state index contributed by atoms with van der Waals surface area (Å²) in [6, 6.07) is 10.1. The summed E-state index contributed by atoms with van der Waals surface area (Å²) in [6.45, 7) is 3.64. The molecule has 1 aromatic rings. The van der Waals surface area contributed by atoms with E-state index in [0.29, 0.717) is 25.9 Å². The molecular formula is C19H31NO2. The average Bonchev–Trinajstić information content (AvgIpc) is 2.55. The summed E-state index contributed by atoms with van der Waals surface area (Å²) >= 11 is 0. The molecule has 0 saturated heterocycles. The molecule has 1 N–H and O–H groups in total. The van der Waals surface area contributed by atoms with Gasteiger partial charge in [-0.05, 0) is 18.4 Å². The molecule has 3 nitrogen and oxygen atoms in total. The first-order valence-electron chi connectivity index (χ1n) is 8.70. The predicted octanol–water partition coefficient (Wildman–Crippen LogP) is 4.15. The number of nitrogens with zero attached hydrogens (tertiary/aromatic N) is 1. The van der Waals surface area contributed by atoms with Gasteiger partial charge in [-0.1, -0.05) is 69.4 Å². The molecule has 0 aliphatic rings. The molecule has 3 heteroatoms. The maximum atomic E-state index is 12.4. The summed E-state index contributed by atoms with van der Waals surface area (Å²) in [4.78, 5) is 14.3. The molecule has 22 heavy (non-hydrogen) atoms. The van der Waals surface area contributed by atoms with Gasteiger partial charge in [0.05, 0.1) is 0 Å². The summed E-state index contributed by atoms with van der Waals surface area (Å²) in [5.74, 6) is 0.216. The Morgan fingerprint density at radius 2 is 1.68 bits per heavy atom. The van der Waals surface area contributed by atoms with Gasteiger partial charge in [0, 0.05) is 26.1 Å². The highest BCUT2D eigenvalue weighted by Crippen LogP contribution is 2.11. The molecule has 0 aromatic heterocycles. The lowest BCUT2D eigenvalue weighted by atomic mass is 10.1. The van der Waals surface area contributed by atoms with Crippen LogP contribution in [0.5, 0.6) is 0 Å². The zero-order valence-corrected chi connectivity index (χ0v) is 14.0. The number of hydrogen-bond donors (Lipinski definition) is 1. The molecule has 0 saturated carbocycles. The second-order valence-electron chi connectivity index (χ2n) is 5.90. The fraction of sp³-hybridized carbons (Fsp3) is 0.632. The second kappa shape index (κ2) is 12.2. The van der Waals surface area contributed by atoms with Crippen molar-refractivity contribution in [1.82, 2.24) is 4.90 Å². The Morgan fingerprint density at radius 3 is 2.36 bits per heavy atom. The van der Waals surface area contributed by atoms with Crippen molar-refractivity contribution in [3.63, 3.8) is 0 Å². The molecule has 0 radical (unpaired) electrons. The number of benzene rings is 1. The largest absolute Gasteiger partial charge is 0.396 e. The second-order valence-corrected chi connectivity index (χ2v) is 5.90. The number of unbranched alkanes of at least 4 members (excludes halogenated alkanes) is 5. The van der Waals surface area contributed by atoms with Gasteiger partial charge in [-0.25, -0.2) is 0 Å². The Morgan fingerprint density at radius 1 is 1.00 bits per heavy atom. The summed E-state index contributed by atoms with van der Waals surface area (Å²) in [6.07, 6.45) is 8.46. The Hall–Kier alpha value is -1.35. The van der Waals surface area contributed by atoms with Crippen molar-refractivity contribution in [1.29, 1.82) is 0 Å². The van der Waals surface area contributed by atoms with Crippen molar-refractivity contribution >= 4 is 5.91 Å². The highest BCUT2D eigenvalue weighted by atomic mass is 16.3. The monoisotopic (exact) mass is 305 g/mol. The lowest BCUT2D eigenvalue weighted by Gasteiger charge is -2.22. The van der Waals surface area contributed by atoms with Crippen molar-refractivity contribution in [3.8, 4) is 0 Å². The third-order valence-corrected chi connectivity index (χ3v) is 3.90. The zero-order chi connectivity index (χ0) is 16.0. The van der Waals surface area contributed by atoms with Crippen LogP contribution in [-0.2, 0) is 11.3 Å². The van der Waals surface area contributed by atoms with E-state index in [1.165, 1.54) is 25.7 Å². The normalized spacial score (nSPS) is 10.6. The zero-order valence-electron chi connectivity index (χ0n) is 14.0. The van der Waals surface area contributed by atoms with Gasteiger partial charge in [-0.2, -0.15) is 0 Å². The molecular weight excluding hydrogens is 274 g/mol. The number of aliphatic hydroxyl groups excluding tert-OH is 1. The van der Waals surface area contributed by atoms with Crippen LogP contribution in [0, 0.1) is 0 Å². The number of rotatable bonds is 12. The fourth-order valence-corrected chi connectivity index (χ4v) is 2.57. The van der Waals surface area contributed by atoms with E-state index in [-0.39, 0.29) is 12.5 Å². The van der Waals surface area contributed by atoms with Gasteiger partial charge >= 0.3 is 0 Å². The molecule has 0 fully saturated rings. The molecule has 1 rings (SSSR count). The van der Waals surface area contributed by atoms with Gasteiger partial charge in [0.25, 0.3) is 0 Å². The molecule has 0 aliphatic carbocycles. The molecule has 0 bridgehead atoms. The van der Waals surface area contributed by atoms with Crippen molar-refractivity contribution < 1.29 is 9.90 Å². The smallest absolute Gasteiger partial charge is 0.222 e. The van der Waals surface area contributed by atoms with Crippen LogP contribution in [0.2, 0.25) is 0 Å². The van der Waals surface area contributed by atoms with Gasteiger partial charge in [0.1, 0.15) is 0 Å². The van der Waals surface area contributed by atoms with Crippen molar-refractivity contribution in [3.05, 3.63) is 35.9 Å². The Balaban J connectivity index is 2.36. The summed E-state index contributed by atoms with van der Waals surface area (Å²) in [5, 5.41) is 9.02. The summed E-state index contributed by atoms with van der Waals surface area (Å²) < 4.78 is 0. The predicted molar refractivity (Wildman–Crippen MR) is 91.6 cm³/mol. The van der Waals surface area contributed by atoms with Crippen molar-refractivity contribution in [2.24, 2.45) is 0 Å². The maximum Gasteiger partial charge on any atom is 0.222 e. The minimum Gasteiger partial charge on any atom is -0.396 e. The average molecular weight is 305 g/mol. The lowest BCUT2D eigenvalue weighted by Crippen LogP contribution is -2.31. The first-order chi connectivity index (χ1) is 10.8. The maximum absolute atomic E-state index is 12.4. The lowest BCUT2D eigenvalue weighted by molar-refractivity contribution is -0.132. The van der Waals surface area contributed by atoms with E-state index in [1.807, 2.05) is 35.2 Å². The first-order valence-corrected chi connectivity index (χ1v) is 8.70. The molecule has 1 aromatic carbocycles. The van der Waals surface area contributed by atoms with Crippen molar-refractivity contribution in [2.45, 2.75) is 64.8 Å². The highest BCUT2D eigenvalue weighted by Gasteiger charge is 2.13. The topological polar surface area (TPSA) is 40.5 Å². The number of carbonyl (C=O) groups is 1. The van der Waals surface area contributed by atoms with Gasteiger partial charge in [0.15, 0.2) is 0 Å². The van der Waals surface area contributed by atoms with E-state index < -0.39 is 0 Å². The fourth-order valence-electron chi connectivity index (χ4n) is 2.57. The quantitative estimate of drug-likeness (QED) is 0.589. The minimum atomic E-state index is 0.135. The van der Waals surface area contributed by atoms with E-state index >= 15 is 0 Å². The number of aliphatic hydroxyl groups is 1. The van der Waals surface area contributed by atoms with Crippen LogP contribution in [0.4, 0.5) is 0 Å². The number of hydrogen-bond acceptors (Lipinski definition) is 2. The minimum absolute atomic E-state index is 0.135. The number of carbonyl (C=O) groups excluding carboxylic acids is 1. The van der Waals surface area contributed by atoms with Crippen LogP contribution >= 0.6 is 0 Å². The van der Waals surface area contributed by atoms with E-state index in [0.717, 1.165) is 18.4 Å². The highest BCUT2D eigenvalue weighted by molar-refractivity contribution is 5.76. The van der Waals surface area contributed by atoms with E-state index in [9.17, 15) is 4.79 Å². The van der Waals surface area contributed by atoms with E-state index in [4.69, 9.17) is 5.11 Å². The van der Waals surface area contributed by atoms with Crippen LogP contribution < -0.4 is 0 Å². The van der Waals surface area contributed by atoms with Gasteiger partial charge < -0.3 is 10.0 Å². The van der Waals surface area contributed by atoms with Gasteiger partial charge in [0.2, 0.25) is 5.91 Å². The third kappa shape index (κ3) is 8.18. The third-order valence-electron chi connectivity index (χ3n) is 3.90. The molecule has 0 heterocycles. The SMILES string of the molecule is CCCCCCCCC(=O)N(CCCO)Cc1ccccc1. The molecule has 0 atom stereocenters. The standard InChI is InChI=1S/C19H31NO2/c1-2-3-4-5-6-10-14-19(22)20(15-11-16-21)17-18-12-8-7-9-13-18/h7-9,12-13,21H,2-6,10-11,14-17H2,1H3. The Kier molecular flexibility index (Phi) is 10.4. The van der Waals surface area contributed by atoms with Crippen LogP contribution in [0.1, 0.15) is 63.9 Å². The van der Waals surface area contributed by atoms with Crippen LogP contribution in [0.25, 0.3) is 0 Å². The molecule has 0 spiro atoms. The summed E-state index contributed by atoms with van der Waals surface area (Å²) in [7, 11) is 0. The molecule has 0 unspecified atom stereocenters. The Bertz CT molecular complexity index is 392. The molecule has 124 valence electrons. The van der Waals surface area contributed by atoms with Crippen LogP contribution in [-0.4, -0.2) is 29.1 Å². The first kappa shape index (κ1) is 18.7. The van der Waals surface area contributed by atoms with Crippen LogP contribution in [0.15, 0.2) is 30.3 Å². The molecule has 0 aliphatic heterocycles. The number of amides is 1. The molecule has 1 amide bonds. The van der Waals surface area contributed by atoms with Crippen molar-refractivity contribution in [2.75, 3.05) is 13.2 Å². The van der Waals surface area contributed by atoms with E-state index in [1.54, 1.807) is 0 Å². The summed E-state index contributed by atoms with van der Waals surface area (Å²) in [5.41, 5.74) is 1.15. The van der Waals surface area contributed by atoms with Crippen LogP contribution in [0.3, 0.4) is 0 Å². The van der Waals surface area contributed by atoms with E-state index in [2.05, 4.69) is 6.92 Å². The van der Waals surface area contributed by atoms with Gasteiger partial charge in [-0.3, -0.25) is 4.79 Å².